The van der Waals surface area contributed by atoms with Crippen LogP contribution >= 0.6 is 11.6 Å². The Morgan fingerprint density at radius 2 is 2.03 bits per heavy atom. The van der Waals surface area contributed by atoms with Crippen molar-refractivity contribution in [2.45, 2.75) is 51.2 Å². The fraction of sp³-hybridized carbons (Fsp3) is 0.591. The van der Waals surface area contributed by atoms with Gasteiger partial charge in [-0.3, -0.25) is 4.68 Å². The molecule has 0 radical (unpaired) electrons. The molecule has 2 atom stereocenters. The minimum absolute atomic E-state index is 0.0908. The molecule has 1 unspecified atom stereocenters. The molecule has 10 nitrogen and oxygen atoms in total. The van der Waals surface area contributed by atoms with E-state index in [-0.39, 0.29) is 53.8 Å². The maximum absolute atomic E-state index is 13.7. The third-order valence-corrected chi connectivity index (χ3v) is 8.15. The molecule has 2 saturated heterocycles. The van der Waals surface area contributed by atoms with E-state index in [9.17, 15) is 21.6 Å². The first-order valence-electron chi connectivity index (χ1n) is 11.9. The average molecular weight is 562 g/mol. The van der Waals surface area contributed by atoms with Gasteiger partial charge in [0, 0.05) is 44.5 Å². The quantitative estimate of drug-likeness (QED) is 0.438. The zero-order valence-electron chi connectivity index (χ0n) is 20.3. The van der Waals surface area contributed by atoms with Crippen molar-refractivity contribution in [3.8, 4) is 11.4 Å². The van der Waals surface area contributed by atoms with E-state index in [0.29, 0.717) is 18.0 Å². The summed E-state index contributed by atoms with van der Waals surface area (Å²) in [5.41, 5.74) is 1.50. The van der Waals surface area contributed by atoms with Crippen LogP contribution in [0.25, 0.3) is 22.4 Å². The molecule has 202 valence electrons. The Hall–Kier alpha value is -2.42. The molecule has 0 saturated carbocycles. The number of piperazine rings is 1. The Bertz CT molecular complexity index is 1400. The van der Waals surface area contributed by atoms with Gasteiger partial charge >= 0.3 is 6.18 Å². The fourth-order valence-corrected chi connectivity index (χ4v) is 6.13. The number of hydrogen-bond acceptors (Lipinski definition) is 7. The van der Waals surface area contributed by atoms with Gasteiger partial charge in [-0.15, -0.1) is 0 Å². The molecule has 0 N–H and O–H groups in total. The van der Waals surface area contributed by atoms with Gasteiger partial charge in [0.2, 0.25) is 10.0 Å². The van der Waals surface area contributed by atoms with Crippen molar-refractivity contribution < 1.29 is 26.3 Å². The van der Waals surface area contributed by atoms with Crippen molar-refractivity contribution in [1.82, 2.24) is 28.9 Å². The van der Waals surface area contributed by atoms with Crippen LogP contribution < -0.4 is 4.90 Å². The lowest BCUT2D eigenvalue weighted by Gasteiger charge is -2.40. The molecule has 0 aliphatic carbocycles. The highest BCUT2D eigenvalue weighted by atomic mass is 35.5. The van der Waals surface area contributed by atoms with Crippen molar-refractivity contribution in [1.29, 1.82) is 0 Å². The van der Waals surface area contributed by atoms with E-state index in [4.69, 9.17) is 16.3 Å². The number of nitrogens with zero attached hydrogens (tertiary/aromatic N) is 7. The lowest BCUT2D eigenvalue weighted by atomic mass is 10.1. The number of aromatic nitrogens is 5. The number of sulfonamides is 1. The molecule has 2 aliphatic rings. The fourth-order valence-electron chi connectivity index (χ4n) is 5.04. The largest absolute Gasteiger partial charge is 0.408 e. The molecule has 0 aromatic carbocycles. The second-order valence-electron chi connectivity index (χ2n) is 9.43. The van der Waals surface area contributed by atoms with Crippen LogP contribution in [0.4, 0.5) is 18.9 Å². The molecule has 15 heteroatoms. The van der Waals surface area contributed by atoms with Crippen LogP contribution in [0.1, 0.15) is 32.4 Å². The second kappa shape index (κ2) is 9.71. The summed E-state index contributed by atoms with van der Waals surface area (Å²) < 4.78 is 74.9. The first-order valence-corrected chi connectivity index (χ1v) is 14.2. The van der Waals surface area contributed by atoms with Gasteiger partial charge in [0.1, 0.15) is 28.4 Å². The number of fused-ring (bicyclic) bond motifs is 1. The van der Waals surface area contributed by atoms with E-state index in [1.807, 2.05) is 11.8 Å². The van der Waals surface area contributed by atoms with Crippen LogP contribution in [-0.4, -0.2) is 82.0 Å². The van der Waals surface area contributed by atoms with E-state index < -0.39 is 22.7 Å². The van der Waals surface area contributed by atoms with Crippen LogP contribution in [0.15, 0.2) is 18.3 Å². The maximum atomic E-state index is 13.7. The normalized spacial score (nSPS) is 22.2. The second-order valence-corrected chi connectivity index (χ2v) is 11.8. The lowest BCUT2D eigenvalue weighted by molar-refractivity contribution is -0.141. The molecule has 3 aromatic heterocycles. The molecule has 2 aliphatic heterocycles. The number of alkyl halides is 3. The molecule has 2 fully saturated rings. The highest BCUT2D eigenvalue weighted by Gasteiger charge is 2.35. The molecule has 0 spiro atoms. The number of pyridine rings is 1. The molecule has 37 heavy (non-hydrogen) atoms. The summed E-state index contributed by atoms with van der Waals surface area (Å²) in [5, 5.41) is 8.84. The first-order chi connectivity index (χ1) is 17.4. The summed E-state index contributed by atoms with van der Waals surface area (Å²) in [5.74, 6) is 0. The summed E-state index contributed by atoms with van der Waals surface area (Å²) in [7, 11) is -3.41. The number of hydrogen-bond donors (Lipinski definition) is 0. The molecular weight excluding hydrogens is 535 g/mol. The monoisotopic (exact) mass is 561 g/mol. The van der Waals surface area contributed by atoms with Crippen LogP contribution in [0, 0.1) is 0 Å². The minimum atomic E-state index is -4.54. The molecule has 3 aromatic rings. The van der Waals surface area contributed by atoms with Crippen molar-refractivity contribution in [3.05, 3.63) is 23.5 Å². The molecule has 5 rings (SSSR count). The first kappa shape index (κ1) is 26.2. The average Bonchev–Trinajstić information content (AvgIpc) is 3.42. The lowest BCUT2D eigenvalue weighted by Crippen LogP contribution is -2.53. The standard InChI is InChI=1S/C22H27ClF3N7O3S/c1-14-12-30(37(2,34)35)8-9-31(14)16-11-17(23)28-20-19(29-32(21(16)20)13-22(24,25)26)15-6-7-27-33(15)18-5-3-4-10-36-18/h6-7,11,14,18H,3-5,8-10,12-13H2,1-2H3/t14-,18?/m1/s1. The Balaban J connectivity index is 1.65. The van der Waals surface area contributed by atoms with Gasteiger partial charge in [-0.1, -0.05) is 11.6 Å². The maximum Gasteiger partial charge on any atom is 0.408 e. The molecule has 5 heterocycles. The predicted molar refractivity (Wildman–Crippen MR) is 132 cm³/mol. The summed E-state index contributed by atoms with van der Waals surface area (Å²) >= 11 is 6.41. The molecule has 0 amide bonds. The smallest absolute Gasteiger partial charge is 0.364 e. The van der Waals surface area contributed by atoms with Gasteiger partial charge in [0.05, 0.1) is 17.6 Å². The Morgan fingerprint density at radius 3 is 2.68 bits per heavy atom. The Labute approximate surface area is 217 Å². The topological polar surface area (TPSA) is 98.4 Å². The van der Waals surface area contributed by atoms with Crippen LogP contribution in [0.5, 0.6) is 0 Å². The minimum Gasteiger partial charge on any atom is -0.364 e. The van der Waals surface area contributed by atoms with Gasteiger partial charge in [0.15, 0.2) is 6.23 Å². The van der Waals surface area contributed by atoms with Crippen molar-refractivity contribution >= 4 is 38.3 Å². The summed E-state index contributed by atoms with van der Waals surface area (Å²) in [6.45, 7) is 1.70. The summed E-state index contributed by atoms with van der Waals surface area (Å²) in [6.07, 6.45) is 0.392. The third-order valence-electron chi connectivity index (χ3n) is 6.68. The molecular formula is C22H27ClF3N7O3S. The van der Waals surface area contributed by atoms with Gasteiger partial charge in [-0.25, -0.2) is 18.1 Å². The van der Waals surface area contributed by atoms with E-state index in [1.165, 1.54) is 10.4 Å². The number of anilines is 1. The third kappa shape index (κ3) is 5.29. The van der Waals surface area contributed by atoms with E-state index in [1.54, 1.807) is 16.9 Å². The van der Waals surface area contributed by atoms with Crippen molar-refractivity contribution in [2.24, 2.45) is 0 Å². The number of ether oxygens (including phenoxy) is 1. The number of halogens is 4. The Kier molecular flexibility index (Phi) is 6.88. The predicted octanol–water partition coefficient (Wildman–Crippen LogP) is 3.68. The van der Waals surface area contributed by atoms with Crippen LogP contribution in [-0.2, 0) is 21.3 Å². The highest BCUT2D eigenvalue weighted by Crippen LogP contribution is 2.38. The van der Waals surface area contributed by atoms with Gasteiger partial charge in [0.25, 0.3) is 0 Å². The SMILES string of the molecule is C[C@@H]1CN(S(C)(=O)=O)CCN1c1cc(Cl)nc2c(-c3ccnn3C3CCCCO3)nn(CC(F)(F)F)c12. The van der Waals surface area contributed by atoms with Gasteiger partial charge in [-0.05, 0) is 32.3 Å². The van der Waals surface area contributed by atoms with Crippen molar-refractivity contribution in [3.63, 3.8) is 0 Å². The Morgan fingerprint density at radius 1 is 1.24 bits per heavy atom. The zero-order valence-corrected chi connectivity index (χ0v) is 21.9. The zero-order chi connectivity index (χ0) is 26.5. The van der Waals surface area contributed by atoms with Gasteiger partial charge in [-0.2, -0.15) is 27.7 Å². The molecule has 0 bridgehead atoms. The highest BCUT2D eigenvalue weighted by molar-refractivity contribution is 7.88. The number of rotatable bonds is 5. The summed E-state index contributed by atoms with van der Waals surface area (Å²) in [6, 6.07) is 2.85. The van der Waals surface area contributed by atoms with Gasteiger partial charge < -0.3 is 9.64 Å². The van der Waals surface area contributed by atoms with E-state index in [0.717, 1.165) is 30.2 Å². The van der Waals surface area contributed by atoms with E-state index in [2.05, 4.69) is 15.2 Å². The van der Waals surface area contributed by atoms with Crippen LogP contribution in [0.3, 0.4) is 0 Å². The van der Waals surface area contributed by atoms with Crippen LogP contribution in [0.2, 0.25) is 5.15 Å². The van der Waals surface area contributed by atoms with E-state index >= 15 is 0 Å². The summed E-state index contributed by atoms with van der Waals surface area (Å²) in [4.78, 5) is 6.26. The van der Waals surface area contributed by atoms with Crippen molar-refractivity contribution in [2.75, 3.05) is 37.4 Å².